The molecule has 5 nitrogen and oxygen atoms in total. The van der Waals surface area contributed by atoms with Crippen molar-refractivity contribution >= 4 is 11.8 Å². The van der Waals surface area contributed by atoms with Crippen molar-refractivity contribution in [2.24, 2.45) is 5.73 Å². The Balaban J connectivity index is 1.46. The van der Waals surface area contributed by atoms with Crippen molar-refractivity contribution in [3.05, 3.63) is 71.3 Å². The van der Waals surface area contributed by atoms with Crippen LogP contribution in [-0.2, 0) is 11.2 Å². The van der Waals surface area contributed by atoms with Gasteiger partial charge in [0, 0.05) is 24.7 Å². The number of aryl methyl sites for hydroxylation is 1. The van der Waals surface area contributed by atoms with E-state index in [2.05, 4.69) is 5.32 Å². The summed E-state index contributed by atoms with van der Waals surface area (Å²) in [6.07, 6.45) is 2.03. The topological polar surface area (TPSA) is 75.4 Å². The minimum absolute atomic E-state index is 0.0561. The van der Waals surface area contributed by atoms with Gasteiger partial charge in [-0.1, -0.05) is 48.0 Å². The molecule has 1 aliphatic rings. The quantitative estimate of drug-likeness (QED) is 0.854. The number of nitrogens with zero attached hydrogens (tertiary/aromatic N) is 1. The minimum atomic E-state index is -0.556. The average molecular weight is 365 g/mol. The summed E-state index contributed by atoms with van der Waals surface area (Å²) in [5.74, 6) is -0.0669. The summed E-state index contributed by atoms with van der Waals surface area (Å²) in [5.41, 5.74) is 8.96. The molecule has 1 heterocycles. The fourth-order valence-electron chi connectivity index (χ4n) is 3.37. The van der Waals surface area contributed by atoms with E-state index in [0.717, 1.165) is 24.0 Å². The standard InChI is InChI=1S/C22H27N3O2/c1-16-7-9-18(10-8-16)22(27)25-13-11-19(12-14-25)24-21(26)20(23)15-17-5-3-2-4-6-17/h2-10,19-20H,11-15,23H2,1H3,(H,24,26)/t20-/m0/s1. The summed E-state index contributed by atoms with van der Waals surface area (Å²) in [5, 5.41) is 3.04. The number of hydrogen-bond donors (Lipinski definition) is 2. The molecule has 0 unspecified atom stereocenters. The molecule has 3 N–H and O–H groups in total. The van der Waals surface area contributed by atoms with Crippen LogP contribution in [0.25, 0.3) is 0 Å². The highest BCUT2D eigenvalue weighted by Crippen LogP contribution is 2.15. The molecule has 142 valence electrons. The fourth-order valence-corrected chi connectivity index (χ4v) is 3.37. The number of benzene rings is 2. The van der Waals surface area contributed by atoms with Crippen molar-refractivity contribution in [1.29, 1.82) is 0 Å². The first-order chi connectivity index (χ1) is 13.0. The summed E-state index contributed by atoms with van der Waals surface area (Å²) in [6.45, 7) is 3.29. The second-order valence-electron chi connectivity index (χ2n) is 7.24. The zero-order valence-electron chi connectivity index (χ0n) is 15.7. The van der Waals surface area contributed by atoms with Crippen molar-refractivity contribution in [2.45, 2.75) is 38.3 Å². The summed E-state index contributed by atoms with van der Waals surface area (Å²) in [4.78, 5) is 26.8. The highest BCUT2D eigenvalue weighted by molar-refractivity contribution is 5.94. The Morgan fingerprint density at radius 1 is 1.07 bits per heavy atom. The first kappa shape index (κ1) is 19.1. The third kappa shape index (κ3) is 5.17. The first-order valence-corrected chi connectivity index (χ1v) is 9.49. The minimum Gasteiger partial charge on any atom is -0.352 e. The van der Waals surface area contributed by atoms with E-state index < -0.39 is 6.04 Å². The monoisotopic (exact) mass is 365 g/mol. The maximum Gasteiger partial charge on any atom is 0.253 e. The highest BCUT2D eigenvalue weighted by atomic mass is 16.2. The Bertz CT molecular complexity index is 766. The van der Waals surface area contributed by atoms with Gasteiger partial charge in [0.25, 0.3) is 5.91 Å². The van der Waals surface area contributed by atoms with Gasteiger partial charge in [-0.25, -0.2) is 0 Å². The van der Waals surface area contributed by atoms with Gasteiger partial charge in [0.05, 0.1) is 6.04 Å². The van der Waals surface area contributed by atoms with Crippen molar-refractivity contribution < 1.29 is 9.59 Å². The Hall–Kier alpha value is -2.66. The normalized spacial score (nSPS) is 16.0. The zero-order chi connectivity index (χ0) is 19.2. The first-order valence-electron chi connectivity index (χ1n) is 9.49. The molecule has 1 fully saturated rings. The molecule has 1 saturated heterocycles. The van der Waals surface area contributed by atoms with Crippen LogP contribution in [0.3, 0.4) is 0 Å². The number of carbonyl (C=O) groups is 2. The Morgan fingerprint density at radius 2 is 1.70 bits per heavy atom. The summed E-state index contributed by atoms with van der Waals surface area (Å²) in [6, 6.07) is 16.9. The fraction of sp³-hybridized carbons (Fsp3) is 0.364. The number of nitrogens with one attached hydrogen (secondary N) is 1. The molecule has 0 saturated carbocycles. The second-order valence-corrected chi connectivity index (χ2v) is 7.24. The number of piperidine rings is 1. The van der Waals surface area contributed by atoms with Crippen molar-refractivity contribution in [3.63, 3.8) is 0 Å². The molecule has 0 aromatic heterocycles. The van der Waals surface area contributed by atoms with E-state index in [9.17, 15) is 9.59 Å². The Labute approximate surface area is 160 Å². The lowest BCUT2D eigenvalue weighted by atomic mass is 10.0. The van der Waals surface area contributed by atoms with E-state index in [0.29, 0.717) is 25.1 Å². The molecule has 2 aromatic rings. The molecule has 0 bridgehead atoms. The smallest absolute Gasteiger partial charge is 0.253 e. The van der Waals surface area contributed by atoms with Crippen LogP contribution >= 0.6 is 0 Å². The van der Waals surface area contributed by atoms with Gasteiger partial charge in [-0.15, -0.1) is 0 Å². The molecular weight excluding hydrogens is 338 g/mol. The predicted molar refractivity (Wildman–Crippen MR) is 106 cm³/mol. The third-order valence-electron chi connectivity index (χ3n) is 5.06. The van der Waals surface area contributed by atoms with Crippen LogP contribution in [-0.4, -0.2) is 41.9 Å². The van der Waals surface area contributed by atoms with Crippen molar-refractivity contribution in [3.8, 4) is 0 Å². The van der Waals surface area contributed by atoms with Crippen LogP contribution in [0.1, 0.15) is 34.3 Å². The van der Waals surface area contributed by atoms with E-state index in [1.165, 1.54) is 0 Å². The molecule has 1 atom stereocenters. The van der Waals surface area contributed by atoms with Gasteiger partial charge in [-0.05, 0) is 43.9 Å². The second kappa shape index (κ2) is 8.82. The molecule has 3 rings (SSSR count). The van der Waals surface area contributed by atoms with Gasteiger partial charge in [0.2, 0.25) is 5.91 Å². The van der Waals surface area contributed by atoms with E-state index in [1.54, 1.807) is 0 Å². The summed E-state index contributed by atoms with van der Waals surface area (Å²) >= 11 is 0. The van der Waals surface area contributed by atoms with Crippen molar-refractivity contribution in [2.75, 3.05) is 13.1 Å². The molecular formula is C22H27N3O2. The van der Waals surface area contributed by atoms with Crippen LogP contribution in [0.15, 0.2) is 54.6 Å². The molecule has 2 aromatic carbocycles. The third-order valence-corrected chi connectivity index (χ3v) is 5.06. The lowest BCUT2D eigenvalue weighted by Gasteiger charge is -2.33. The van der Waals surface area contributed by atoms with Gasteiger partial charge < -0.3 is 16.0 Å². The number of rotatable bonds is 5. The van der Waals surface area contributed by atoms with E-state index >= 15 is 0 Å². The van der Waals surface area contributed by atoms with E-state index in [1.807, 2.05) is 66.4 Å². The summed E-state index contributed by atoms with van der Waals surface area (Å²) in [7, 11) is 0. The molecule has 5 heteroatoms. The van der Waals surface area contributed by atoms with Gasteiger partial charge in [-0.3, -0.25) is 9.59 Å². The van der Waals surface area contributed by atoms with Crippen LogP contribution in [0, 0.1) is 6.92 Å². The van der Waals surface area contributed by atoms with Gasteiger partial charge in [-0.2, -0.15) is 0 Å². The van der Waals surface area contributed by atoms with Crippen LogP contribution < -0.4 is 11.1 Å². The van der Waals surface area contributed by atoms with Crippen LogP contribution in [0.4, 0.5) is 0 Å². The van der Waals surface area contributed by atoms with E-state index in [4.69, 9.17) is 5.73 Å². The number of likely N-dealkylation sites (tertiary alicyclic amines) is 1. The molecule has 0 aliphatic carbocycles. The maximum absolute atomic E-state index is 12.6. The molecule has 0 spiro atoms. The highest BCUT2D eigenvalue weighted by Gasteiger charge is 2.26. The lowest BCUT2D eigenvalue weighted by molar-refractivity contribution is -0.123. The van der Waals surface area contributed by atoms with Gasteiger partial charge in [0.15, 0.2) is 0 Å². The molecule has 27 heavy (non-hydrogen) atoms. The number of hydrogen-bond acceptors (Lipinski definition) is 3. The van der Waals surface area contributed by atoms with Crippen LogP contribution in [0.5, 0.6) is 0 Å². The average Bonchev–Trinajstić information content (AvgIpc) is 2.69. The van der Waals surface area contributed by atoms with Crippen LogP contribution in [0.2, 0.25) is 0 Å². The number of nitrogens with two attached hydrogens (primary N) is 1. The lowest BCUT2D eigenvalue weighted by Crippen LogP contribution is -2.51. The predicted octanol–water partition coefficient (Wildman–Crippen LogP) is 2.29. The summed E-state index contributed by atoms with van der Waals surface area (Å²) < 4.78 is 0. The van der Waals surface area contributed by atoms with Gasteiger partial charge in [0.1, 0.15) is 0 Å². The van der Waals surface area contributed by atoms with Crippen molar-refractivity contribution in [1.82, 2.24) is 10.2 Å². The molecule has 0 radical (unpaired) electrons. The Kier molecular flexibility index (Phi) is 6.24. The molecule has 2 amide bonds. The zero-order valence-corrected chi connectivity index (χ0v) is 15.7. The number of carbonyl (C=O) groups excluding carboxylic acids is 2. The van der Waals surface area contributed by atoms with E-state index in [-0.39, 0.29) is 17.9 Å². The maximum atomic E-state index is 12.6. The molecule has 1 aliphatic heterocycles. The Morgan fingerprint density at radius 3 is 2.33 bits per heavy atom. The van der Waals surface area contributed by atoms with Gasteiger partial charge >= 0.3 is 0 Å². The SMILES string of the molecule is Cc1ccc(C(=O)N2CCC(NC(=O)[C@@H](N)Cc3ccccc3)CC2)cc1. The largest absolute Gasteiger partial charge is 0.352 e. The number of amides is 2.